The molecular formula is C22H27N3O4S. The van der Waals surface area contributed by atoms with Gasteiger partial charge in [-0.2, -0.15) is 9.41 Å². The van der Waals surface area contributed by atoms with Gasteiger partial charge in [0.15, 0.2) is 0 Å². The van der Waals surface area contributed by atoms with Crippen LogP contribution in [0, 0.1) is 0 Å². The Labute approximate surface area is 177 Å². The van der Waals surface area contributed by atoms with E-state index in [-0.39, 0.29) is 15.9 Å². The molecule has 1 heterocycles. The van der Waals surface area contributed by atoms with Crippen molar-refractivity contribution in [2.45, 2.75) is 31.1 Å². The fraction of sp³-hybridized carbons (Fsp3) is 0.364. The molecule has 0 saturated carbocycles. The van der Waals surface area contributed by atoms with Gasteiger partial charge in [-0.15, -0.1) is 0 Å². The highest BCUT2D eigenvalue weighted by Gasteiger charge is 2.26. The zero-order chi connectivity index (χ0) is 21.8. The monoisotopic (exact) mass is 429 g/mol. The molecule has 2 aromatic rings. The quantitative estimate of drug-likeness (QED) is 0.585. The summed E-state index contributed by atoms with van der Waals surface area (Å²) in [6, 6.07) is 13.9. The van der Waals surface area contributed by atoms with E-state index in [1.165, 1.54) is 22.0 Å². The van der Waals surface area contributed by atoms with Crippen LogP contribution in [0.2, 0.25) is 0 Å². The standard InChI is InChI=1S/C22H27N3O4S/c1-22(2,3)19-9-7-17(8-10-19)16-23-24-21(26)18-5-4-6-20(15-18)30(27,28)25-11-13-29-14-12-25/h4-10,15-16H,11-14H2,1-3H3,(H,24,26)/b23-16-. The summed E-state index contributed by atoms with van der Waals surface area (Å²) in [6.45, 7) is 7.76. The zero-order valence-corrected chi connectivity index (χ0v) is 18.3. The van der Waals surface area contributed by atoms with Crippen LogP contribution in [-0.2, 0) is 20.2 Å². The maximum atomic E-state index is 12.8. The van der Waals surface area contributed by atoms with Crippen LogP contribution in [0.5, 0.6) is 0 Å². The minimum Gasteiger partial charge on any atom is -0.379 e. The van der Waals surface area contributed by atoms with Crippen LogP contribution in [0.15, 0.2) is 58.5 Å². The first-order valence-electron chi connectivity index (χ1n) is 9.80. The minimum absolute atomic E-state index is 0.0659. The summed E-state index contributed by atoms with van der Waals surface area (Å²) in [5.74, 6) is -0.475. The molecule has 1 amide bonds. The number of hydrogen-bond donors (Lipinski definition) is 1. The Kier molecular flexibility index (Phi) is 6.70. The van der Waals surface area contributed by atoms with Crippen molar-refractivity contribution in [3.63, 3.8) is 0 Å². The molecule has 0 spiro atoms. The number of carbonyl (C=O) groups excluding carboxylic acids is 1. The van der Waals surface area contributed by atoms with Crippen LogP contribution in [0.25, 0.3) is 0 Å². The average Bonchev–Trinajstić information content (AvgIpc) is 2.74. The van der Waals surface area contributed by atoms with Crippen molar-refractivity contribution in [3.05, 3.63) is 65.2 Å². The number of nitrogens with one attached hydrogen (secondary N) is 1. The normalized spacial score (nSPS) is 16.0. The Bertz CT molecular complexity index is 1020. The lowest BCUT2D eigenvalue weighted by atomic mass is 9.87. The first-order chi connectivity index (χ1) is 14.2. The van der Waals surface area contributed by atoms with Gasteiger partial charge in [-0.3, -0.25) is 4.79 Å². The Balaban J connectivity index is 1.67. The van der Waals surface area contributed by atoms with E-state index in [0.717, 1.165) is 5.56 Å². The largest absolute Gasteiger partial charge is 0.379 e. The number of hydrogen-bond acceptors (Lipinski definition) is 5. The predicted octanol–water partition coefficient (Wildman–Crippen LogP) is 2.77. The summed E-state index contributed by atoms with van der Waals surface area (Å²) in [5.41, 5.74) is 4.81. The second-order valence-electron chi connectivity index (χ2n) is 8.12. The molecule has 0 atom stereocenters. The summed E-state index contributed by atoms with van der Waals surface area (Å²) in [4.78, 5) is 12.5. The lowest BCUT2D eigenvalue weighted by Crippen LogP contribution is -2.40. The van der Waals surface area contributed by atoms with Crippen LogP contribution in [0.1, 0.15) is 42.3 Å². The summed E-state index contributed by atoms with van der Waals surface area (Å²) in [6.07, 6.45) is 1.55. The molecule has 30 heavy (non-hydrogen) atoms. The van der Waals surface area contributed by atoms with Crippen molar-refractivity contribution < 1.29 is 17.9 Å². The number of benzene rings is 2. The Morgan fingerprint density at radius 3 is 2.40 bits per heavy atom. The van der Waals surface area contributed by atoms with Gasteiger partial charge in [0.1, 0.15) is 0 Å². The highest BCUT2D eigenvalue weighted by Crippen LogP contribution is 2.22. The molecule has 0 aromatic heterocycles. The first kappa shape index (κ1) is 22.1. The van der Waals surface area contributed by atoms with E-state index in [2.05, 4.69) is 31.3 Å². The Morgan fingerprint density at radius 1 is 1.10 bits per heavy atom. The summed E-state index contributed by atoms with van der Waals surface area (Å²) < 4.78 is 32.1. The van der Waals surface area contributed by atoms with E-state index in [4.69, 9.17) is 4.74 Å². The fourth-order valence-electron chi connectivity index (χ4n) is 3.03. The van der Waals surface area contributed by atoms with Gasteiger partial charge < -0.3 is 4.74 Å². The number of hydrazone groups is 1. The fourth-order valence-corrected chi connectivity index (χ4v) is 4.49. The van der Waals surface area contributed by atoms with Crippen molar-refractivity contribution >= 4 is 22.1 Å². The van der Waals surface area contributed by atoms with E-state index in [9.17, 15) is 13.2 Å². The van der Waals surface area contributed by atoms with Gasteiger partial charge in [0, 0.05) is 18.7 Å². The van der Waals surface area contributed by atoms with E-state index in [0.29, 0.717) is 26.3 Å². The Hall–Kier alpha value is -2.55. The topological polar surface area (TPSA) is 88.1 Å². The maximum Gasteiger partial charge on any atom is 0.271 e. The SMILES string of the molecule is CC(C)(C)c1ccc(/C=N\NC(=O)c2cccc(S(=O)(=O)N3CCOCC3)c2)cc1. The zero-order valence-electron chi connectivity index (χ0n) is 17.5. The number of rotatable bonds is 5. The molecular weight excluding hydrogens is 402 g/mol. The molecule has 8 heteroatoms. The van der Waals surface area contributed by atoms with Crippen LogP contribution in [0.4, 0.5) is 0 Å². The molecule has 7 nitrogen and oxygen atoms in total. The lowest BCUT2D eigenvalue weighted by Gasteiger charge is -2.26. The molecule has 0 bridgehead atoms. The van der Waals surface area contributed by atoms with Gasteiger partial charge in [0.2, 0.25) is 10.0 Å². The van der Waals surface area contributed by atoms with Crippen LogP contribution in [0.3, 0.4) is 0 Å². The van der Waals surface area contributed by atoms with Crippen molar-refractivity contribution in [3.8, 4) is 0 Å². The Morgan fingerprint density at radius 2 is 1.77 bits per heavy atom. The van der Waals surface area contributed by atoms with Gasteiger partial charge >= 0.3 is 0 Å². The molecule has 0 radical (unpaired) electrons. The molecule has 160 valence electrons. The maximum absolute atomic E-state index is 12.8. The molecule has 1 saturated heterocycles. The second-order valence-corrected chi connectivity index (χ2v) is 10.1. The van der Waals surface area contributed by atoms with E-state index < -0.39 is 15.9 Å². The van der Waals surface area contributed by atoms with Crippen molar-refractivity contribution in [1.82, 2.24) is 9.73 Å². The third kappa shape index (κ3) is 5.33. The number of sulfonamides is 1. The predicted molar refractivity (Wildman–Crippen MR) is 116 cm³/mol. The van der Waals surface area contributed by atoms with Gasteiger partial charge in [-0.05, 0) is 34.7 Å². The molecule has 1 fully saturated rings. The number of carbonyl (C=O) groups is 1. The number of amides is 1. The molecule has 0 unspecified atom stereocenters. The van der Waals surface area contributed by atoms with Crippen LogP contribution < -0.4 is 5.43 Å². The summed E-state index contributed by atoms with van der Waals surface area (Å²) >= 11 is 0. The number of ether oxygens (including phenoxy) is 1. The van der Waals surface area contributed by atoms with E-state index in [1.54, 1.807) is 18.3 Å². The van der Waals surface area contributed by atoms with Gasteiger partial charge in [0.25, 0.3) is 5.91 Å². The minimum atomic E-state index is -3.66. The summed E-state index contributed by atoms with van der Waals surface area (Å²) in [5, 5.41) is 3.99. The van der Waals surface area contributed by atoms with Crippen molar-refractivity contribution in [2.24, 2.45) is 5.10 Å². The third-order valence-electron chi connectivity index (χ3n) is 4.86. The van der Waals surface area contributed by atoms with E-state index in [1.807, 2.05) is 24.3 Å². The van der Waals surface area contributed by atoms with Gasteiger partial charge in [0.05, 0.1) is 24.3 Å². The average molecular weight is 430 g/mol. The van der Waals surface area contributed by atoms with Gasteiger partial charge in [-0.1, -0.05) is 51.1 Å². The first-order valence-corrected chi connectivity index (χ1v) is 11.2. The molecule has 1 N–H and O–H groups in total. The third-order valence-corrected chi connectivity index (χ3v) is 6.76. The molecule has 2 aromatic carbocycles. The molecule has 1 aliphatic heterocycles. The van der Waals surface area contributed by atoms with Gasteiger partial charge in [-0.25, -0.2) is 13.8 Å². The van der Waals surface area contributed by atoms with Crippen LogP contribution in [-0.4, -0.2) is 51.1 Å². The molecule has 0 aliphatic carbocycles. The molecule has 1 aliphatic rings. The smallest absolute Gasteiger partial charge is 0.271 e. The highest BCUT2D eigenvalue weighted by atomic mass is 32.2. The van der Waals surface area contributed by atoms with Crippen molar-refractivity contribution in [2.75, 3.05) is 26.3 Å². The number of nitrogens with zero attached hydrogens (tertiary/aromatic N) is 2. The second kappa shape index (κ2) is 9.07. The number of morpholine rings is 1. The van der Waals surface area contributed by atoms with E-state index >= 15 is 0 Å². The van der Waals surface area contributed by atoms with Crippen molar-refractivity contribution in [1.29, 1.82) is 0 Å². The molecule has 3 rings (SSSR count). The summed E-state index contributed by atoms with van der Waals surface area (Å²) in [7, 11) is -3.66. The highest BCUT2D eigenvalue weighted by molar-refractivity contribution is 7.89. The van der Waals surface area contributed by atoms with Crippen LogP contribution >= 0.6 is 0 Å². The lowest BCUT2D eigenvalue weighted by molar-refractivity contribution is 0.0730.